The third kappa shape index (κ3) is 2.71. The van der Waals surface area contributed by atoms with E-state index in [-0.39, 0.29) is 17.7 Å². The zero-order chi connectivity index (χ0) is 13.4. The van der Waals surface area contributed by atoms with Crippen LogP contribution in [0.4, 0.5) is 5.82 Å². The fourth-order valence-corrected chi connectivity index (χ4v) is 2.44. The third-order valence-electron chi connectivity index (χ3n) is 3.50. The lowest BCUT2D eigenvalue weighted by molar-refractivity contribution is -0.128. The lowest BCUT2D eigenvalue weighted by atomic mass is 10.1. The Hall–Kier alpha value is -1.62. The molecule has 0 spiro atoms. The van der Waals surface area contributed by atoms with Crippen LogP contribution in [0.25, 0.3) is 0 Å². The second-order valence-corrected chi connectivity index (χ2v) is 5.47. The van der Waals surface area contributed by atoms with Gasteiger partial charge >= 0.3 is 0 Å². The summed E-state index contributed by atoms with van der Waals surface area (Å²) in [5, 5.41) is 3.25. The van der Waals surface area contributed by atoms with E-state index in [1.165, 1.54) is 6.20 Å². The van der Waals surface area contributed by atoms with Gasteiger partial charge in [-0.25, -0.2) is 4.98 Å². The molecular formula is C13H14ClN3O2. The van der Waals surface area contributed by atoms with E-state index in [0.29, 0.717) is 29.8 Å². The molecule has 0 aromatic carbocycles. The number of nitrogens with zero attached hydrogens (tertiary/aromatic N) is 2. The van der Waals surface area contributed by atoms with Crippen LogP contribution in [0.5, 0.6) is 0 Å². The Morgan fingerprint density at radius 3 is 2.84 bits per heavy atom. The van der Waals surface area contributed by atoms with Gasteiger partial charge in [0.15, 0.2) is 0 Å². The van der Waals surface area contributed by atoms with Crippen LogP contribution in [0, 0.1) is 5.92 Å². The third-order valence-corrected chi connectivity index (χ3v) is 3.72. The van der Waals surface area contributed by atoms with E-state index in [9.17, 15) is 9.59 Å². The number of rotatable bonds is 3. The highest BCUT2D eigenvalue weighted by molar-refractivity contribution is 6.30. The molecule has 1 aliphatic heterocycles. The molecule has 1 saturated carbocycles. The van der Waals surface area contributed by atoms with Crippen LogP contribution in [-0.2, 0) is 9.59 Å². The van der Waals surface area contributed by atoms with E-state index < -0.39 is 0 Å². The van der Waals surface area contributed by atoms with Gasteiger partial charge in [-0.2, -0.15) is 0 Å². The molecule has 1 aromatic rings. The Morgan fingerprint density at radius 1 is 1.42 bits per heavy atom. The van der Waals surface area contributed by atoms with Gasteiger partial charge in [0.25, 0.3) is 0 Å². The Labute approximate surface area is 115 Å². The number of amides is 2. The molecule has 1 aliphatic carbocycles. The largest absolute Gasteiger partial charge is 0.339 e. The molecule has 0 unspecified atom stereocenters. The number of nitrogens with one attached hydrogen (secondary N) is 1. The molecule has 3 rings (SSSR count). The van der Waals surface area contributed by atoms with Gasteiger partial charge in [0.05, 0.1) is 10.9 Å². The zero-order valence-corrected chi connectivity index (χ0v) is 11.1. The molecule has 2 heterocycles. The summed E-state index contributed by atoms with van der Waals surface area (Å²) in [6.07, 6.45) is 3.92. The number of carbonyl (C=O) groups is 2. The minimum absolute atomic E-state index is 0.0896. The van der Waals surface area contributed by atoms with Gasteiger partial charge in [0, 0.05) is 25.2 Å². The van der Waals surface area contributed by atoms with Crippen molar-refractivity contribution in [3.63, 3.8) is 0 Å². The summed E-state index contributed by atoms with van der Waals surface area (Å²) in [6, 6.07) is 3.69. The van der Waals surface area contributed by atoms with E-state index in [1.54, 1.807) is 12.1 Å². The molecule has 1 atom stereocenters. The first-order chi connectivity index (χ1) is 9.13. The average molecular weight is 280 g/mol. The standard InChI is InChI=1S/C13H14ClN3O2/c14-9-1-4-11(15-6-9)16-13(19)8-5-12(18)17(7-8)10-2-3-10/h1,4,6,8,10H,2-3,5,7H2,(H,15,16,19)/t8-/m1/s1. The molecule has 100 valence electrons. The summed E-state index contributed by atoms with van der Waals surface area (Å²) in [4.78, 5) is 29.7. The van der Waals surface area contributed by atoms with Gasteiger partial charge < -0.3 is 10.2 Å². The SMILES string of the molecule is O=C(Nc1ccc(Cl)cn1)[C@@H]1CC(=O)N(C2CC2)C1. The van der Waals surface area contributed by atoms with Gasteiger partial charge in [-0.15, -0.1) is 0 Å². The summed E-state index contributed by atoms with van der Waals surface area (Å²) < 4.78 is 0. The fraction of sp³-hybridized carbons (Fsp3) is 0.462. The molecule has 2 aliphatic rings. The second kappa shape index (κ2) is 4.81. The van der Waals surface area contributed by atoms with Crippen LogP contribution in [0.2, 0.25) is 5.02 Å². The molecule has 5 nitrogen and oxygen atoms in total. The monoisotopic (exact) mass is 279 g/mol. The van der Waals surface area contributed by atoms with Crippen LogP contribution >= 0.6 is 11.6 Å². The molecule has 6 heteroatoms. The van der Waals surface area contributed by atoms with Crippen molar-refractivity contribution in [1.82, 2.24) is 9.88 Å². The van der Waals surface area contributed by atoms with E-state index in [4.69, 9.17) is 11.6 Å². The van der Waals surface area contributed by atoms with Crippen molar-refractivity contribution in [2.75, 3.05) is 11.9 Å². The van der Waals surface area contributed by atoms with Gasteiger partial charge in [-0.1, -0.05) is 11.6 Å². The smallest absolute Gasteiger partial charge is 0.230 e. The maximum Gasteiger partial charge on any atom is 0.230 e. The topological polar surface area (TPSA) is 62.3 Å². The number of hydrogen-bond acceptors (Lipinski definition) is 3. The van der Waals surface area contributed by atoms with E-state index in [2.05, 4.69) is 10.3 Å². The number of pyridine rings is 1. The van der Waals surface area contributed by atoms with Crippen molar-refractivity contribution in [2.45, 2.75) is 25.3 Å². The summed E-state index contributed by atoms with van der Waals surface area (Å²) in [5.41, 5.74) is 0. The van der Waals surface area contributed by atoms with Crippen LogP contribution in [-0.4, -0.2) is 34.3 Å². The first-order valence-electron chi connectivity index (χ1n) is 6.35. The molecule has 2 fully saturated rings. The normalized spacial score (nSPS) is 22.7. The van der Waals surface area contributed by atoms with Gasteiger partial charge in [0.2, 0.25) is 11.8 Å². The van der Waals surface area contributed by atoms with E-state index in [1.807, 2.05) is 4.90 Å². The van der Waals surface area contributed by atoms with Crippen molar-refractivity contribution in [1.29, 1.82) is 0 Å². The maximum absolute atomic E-state index is 12.1. The Morgan fingerprint density at radius 2 is 2.21 bits per heavy atom. The highest BCUT2D eigenvalue weighted by Crippen LogP contribution is 2.32. The van der Waals surface area contributed by atoms with Crippen molar-refractivity contribution in [3.8, 4) is 0 Å². The molecule has 0 bridgehead atoms. The number of anilines is 1. The zero-order valence-electron chi connectivity index (χ0n) is 10.3. The van der Waals surface area contributed by atoms with Gasteiger partial charge in [-0.3, -0.25) is 9.59 Å². The number of halogens is 1. The van der Waals surface area contributed by atoms with Crippen LogP contribution in [0.15, 0.2) is 18.3 Å². The maximum atomic E-state index is 12.1. The predicted molar refractivity (Wildman–Crippen MR) is 70.7 cm³/mol. The highest BCUT2D eigenvalue weighted by Gasteiger charge is 2.41. The van der Waals surface area contributed by atoms with Crippen molar-refractivity contribution in [3.05, 3.63) is 23.4 Å². The second-order valence-electron chi connectivity index (χ2n) is 5.03. The number of aromatic nitrogens is 1. The van der Waals surface area contributed by atoms with Crippen LogP contribution in [0.1, 0.15) is 19.3 Å². The lowest BCUT2D eigenvalue weighted by Gasteiger charge is -2.15. The summed E-state index contributed by atoms with van der Waals surface area (Å²) in [5.74, 6) is 0.135. The molecule has 0 radical (unpaired) electrons. The van der Waals surface area contributed by atoms with Gasteiger partial charge in [0.1, 0.15) is 5.82 Å². The first kappa shape index (κ1) is 12.4. The summed E-state index contributed by atoms with van der Waals surface area (Å²) in [6.45, 7) is 0.531. The quantitative estimate of drug-likeness (QED) is 0.916. The van der Waals surface area contributed by atoms with Crippen molar-refractivity contribution >= 4 is 29.2 Å². The molecule has 19 heavy (non-hydrogen) atoms. The highest BCUT2D eigenvalue weighted by atomic mass is 35.5. The van der Waals surface area contributed by atoms with Crippen molar-refractivity contribution < 1.29 is 9.59 Å². The minimum Gasteiger partial charge on any atom is -0.339 e. The summed E-state index contributed by atoms with van der Waals surface area (Å²) >= 11 is 5.73. The Bertz CT molecular complexity index is 513. The van der Waals surface area contributed by atoms with Crippen molar-refractivity contribution in [2.24, 2.45) is 5.92 Å². The lowest BCUT2D eigenvalue weighted by Crippen LogP contribution is -2.30. The molecular weight excluding hydrogens is 266 g/mol. The Balaban J connectivity index is 1.61. The van der Waals surface area contributed by atoms with Gasteiger partial charge in [-0.05, 0) is 25.0 Å². The molecule has 2 amide bonds. The van der Waals surface area contributed by atoms with E-state index in [0.717, 1.165) is 12.8 Å². The first-order valence-corrected chi connectivity index (χ1v) is 6.73. The van der Waals surface area contributed by atoms with Crippen LogP contribution < -0.4 is 5.32 Å². The van der Waals surface area contributed by atoms with Crippen LogP contribution in [0.3, 0.4) is 0 Å². The average Bonchev–Trinajstić information content (AvgIpc) is 3.15. The summed E-state index contributed by atoms with van der Waals surface area (Å²) in [7, 11) is 0. The fourth-order valence-electron chi connectivity index (χ4n) is 2.32. The van der Waals surface area contributed by atoms with E-state index >= 15 is 0 Å². The molecule has 1 N–H and O–H groups in total. The minimum atomic E-state index is -0.273. The number of carbonyl (C=O) groups excluding carboxylic acids is 2. The molecule has 1 saturated heterocycles. The Kier molecular flexibility index (Phi) is 3.14. The number of likely N-dealkylation sites (tertiary alicyclic amines) is 1. The molecule has 1 aromatic heterocycles. The predicted octanol–water partition coefficient (Wildman–Crippen LogP) is 1.68. The number of hydrogen-bond donors (Lipinski definition) is 1.